The summed E-state index contributed by atoms with van der Waals surface area (Å²) in [5.41, 5.74) is 4.10. The Morgan fingerprint density at radius 2 is 1.79 bits per heavy atom. The fourth-order valence-corrected chi connectivity index (χ4v) is 4.21. The molecule has 1 amide bonds. The van der Waals surface area contributed by atoms with Crippen molar-refractivity contribution in [2.75, 3.05) is 45.3 Å². The summed E-state index contributed by atoms with van der Waals surface area (Å²) in [4.78, 5) is 20.1. The quantitative estimate of drug-likeness (QED) is 0.174. The van der Waals surface area contributed by atoms with Crippen LogP contribution in [-0.2, 0) is 35.3 Å². The van der Waals surface area contributed by atoms with Crippen molar-refractivity contribution in [3.8, 4) is 0 Å². The molecule has 3 N–H and O–H groups in total. The number of anilines is 1. The van der Waals surface area contributed by atoms with E-state index in [1.54, 1.807) is 11.8 Å². The van der Waals surface area contributed by atoms with E-state index < -0.39 is 0 Å². The Labute approximate surface area is 232 Å². The van der Waals surface area contributed by atoms with Crippen LogP contribution in [0, 0.1) is 0 Å². The summed E-state index contributed by atoms with van der Waals surface area (Å²) in [6.45, 7) is 5.86. The molecule has 2 heterocycles. The van der Waals surface area contributed by atoms with E-state index in [2.05, 4.69) is 50.0 Å². The lowest BCUT2D eigenvalue weighted by Crippen LogP contribution is -2.27. The van der Waals surface area contributed by atoms with Gasteiger partial charge in [0, 0.05) is 37.7 Å². The lowest BCUT2D eigenvalue weighted by molar-refractivity contribution is 0.0759. The molecule has 10 nitrogen and oxygen atoms in total. The first-order valence-corrected chi connectivity index (χ1v) is 14.3. The van der Waals surface area contributed by atoms with Gasteiger partial charge in [-0.2, -0.15) is 0 Å². The van der Waals surface area contributed by atoms with E-state index in [-0.39, 0.29) is 5.91 Å². The van der Waals surface area contributed by atoms with Crippen LogP contribution in [0.3, 0.4) is 0 Å². The second kappa shape index (κ2) is 18.1. The molecule has 0 aliphatic carbocycles. The average molecular weight is 540 g/mol. The Bertz CT molecular complexity index is 1070. The van der Waals surface area contributed by atoms with Gasteiger partial charge in [-0.3, -0.25) is 9.48 Å². The van der Waals surface area contributed by atoms with Crippen molar-refractivity contribution in [3.05, 3.63) is 59.2 Å². The van der Waals surface area contributed by atoms with Crippen molar-refractivity contribution in [1.82, 2.24) is 30.3 Å². The molecule has 10 heteroatoms. The third kappa shape index (κ3) is 12.0. The Balaban J connectivity index is 1.24. The summed E-state index contributed by atoms with van der Waals surface area (Å²) >= 11 is 0. The molecule has 214 valence electrons. The molecule has 0 saturated heterocycles. The van der Waals surface area contributed by atoms with Crippen molar-refractivity contribution in [2.45, 2.75) is 71.3 Å². The zero-order valence-corrected chi connectivity index (χ0v) is 23.6. The Morgan fingerprint density at radius 1 is 0.974 bits per heavy atom. The molecule has 0 unspecified atom stereocenters. The number of rotatable bonds is 21. The van der Waals surface area contributed by atoms with Crippen molar-refractivity contribution in [3.63, 3.8) is 0 Å². The van der Waals surface area contributed by atoms with E-state index in [0.29, 0.717) is 45.0 Å². The maximum atomic E-state index is 12.4. The number of aromatic amines is 1. The molecule has 0 spiro atoms. The minimum Gasteiger partial charge on any atom is -0.382 e. The first-order chi connectivity index (χ1) is 19.2. The summed E-state index contributed by atoms with van der Waals surface area (Å²) in [6.07, 6.45) is 13.7. The van der Waals surface area contributed by atoms with Gasteiger partial charge in [-0.1, -0.05) is 43.5 Å². The number of H-pyrrole nitrogens is 1. The standard InChI is InChI=1S/C29H45N7O3/c1-3-4-6-9-24-12-14-25(15-13-24)28(37)30-16-18-36-23-27(34-35-36)11-8-5-7-10-26-22-32-29(33-26)31-17-19-39-21-20-38-2/h12-15,22-23H,3-11,16-21H2,1-2H3,(H,30,37)(H2,31,32,33). The molecule has 0 aliphatic rings. The largest absolute Gasteiger partial charge is 0.382 e. The van der Waals surface area contributed by atoms with Crippen LogP contribution >= 0.6 is 0 Å². The Morgan fingerprint density at radius 3 is 2.62 bits per heavy atom. The highest BCUT2D eigenvalue weighted by atomic mass is 16.5. The number of benzene rings is 1. The third-order valence-corrected chi connectivity index (χ3v) is 6.48. The Kier molecular flexibility index (Phi) is 14.1. The highest BCUT2D eigenvalue weighted by Crippen LogP contribution is 2.10. The zero-order valence-electron chi connectivity index (χ0n) is 23.6. The molecule has 0 aliphatic heterocycles. The van der Waals surface area contributed by atoms with Crippen molar-refractivity contribution in [1.29, 1.82) is 0 Å². The molecule has 0 atom stereocenters. The van der Waals surface area contributed by atoms with Gasteiger partial charge in [0.25, 0.3) is 5.91 Å². The molecule has 0 saturated carbocycles. The average Bonchev–Trinajstić information content (AvgIpc) is 3.60. The number of hydrogen-bond acceptors (Lipinski definition) is 7. The van der Waals surface area contributed by atoms with Crippen LogP contribution in [0.4, 0.5) is 5.95 Å². The van der Waals surface area contributed by atoms with Gasteiger partial charge in [0.1, 0.15) is 0 Å². The van der Waals surface area contributed by atoms with Crippen LogP contribution in [0.15, 0.2) is 36.7 Å². The topological polar surface area (TPSA) is 119 Å². The number of amides is 1. The van der Waals surface area contributed by atoms with Crippen LogP contribution in [0.5, 0.6) is 0 Å². The highest BCUT2D eigenvalue weighted by molar-refractivity contribution is 5.94. The summed E-state index contributed by atoms with van der Waals surface area (Å²) in [5, 5.41) is 14.7. The second-order valence-corrected chi connectivity index (χ2v) is 9.73. The van der Waals surface area contributed by atoms with Gasteiger partial charge in [-0.05, 0) is 56.2 Å². The number of carbonyl (C=O) groups is 1. The summed E-state index contributed by atoms with van der Waals surface area (Å²) < 4.78 is 12.2. The normalized spacial score (nSPS) is 11.1. The van der Waals surface area contributed by atoms with Crippen molar-refractivity contribution < 1.29 is 14.3 Å². The van der Waals surface area contributed by atoms with E-state index in [9.17, 15) is 4.79 Å². The fourth-order valence-electron chi connectivity index (χ4n) is 4.21. The predicted octanol–water partition coefficient (Wildman–Crippen LogP) is 4.19. The molecule has 0 bridgehead atoms. The van der Waals surface area contributed by atoms with E-state index in [0.717, 1.165) is 55.9 Å². The number of aromatic nitrogens is 5. The van der Waals surface area contributed by atoms with E-state index in [1.807, 2.05) is 24.5 Å². The van der Waals surface area contributed by atoms with Crippen LogP contribution in [-0.4, -0.2) is 70.9 Å². The maximum Gasteiger partial charge on any atom is 0.251 e. The first kappa shape index (κ1) is 30.3. The molecule has 1 aromatic carbocycles. The van der Waals surface area contributed by atoms with Gasteiger partial charge in [0.15, 0.2) is 5.95 Å². The molecule has 3 aromatic rings. The zero-order chi connectivity index (χ0) is 27.5. The smallest absolute Gasteiger partial charge is 0.251 e. The van der Waals surface area contributed by atoms with Crippen LogP contribution in [0.2, 0.25) is 0 Å². The van der Waals surface area contributed by atoms with Gasteiger partial charge in [0.2, 0.25) is 0 Å². The molecule has 39 heavy (non-hydrogen) atoms. The van der Waals surface area contributed by atoms with Crippen LogP contribution < -0.4 is 10.6 Å². The minimum absolute atomic E-state index is 0.0532. The summed E-state index contributed by atoms with van der Waals surface area (Å²) in [5.74, 6) is 0.728. The number of imidazole rings is 1. The monoisotopic (exact) mass is 539 g/mol. The number of hydrogen-bond donors (Lipinski definition) is 3. The van der Waals surface area contributed by atoms with Crippen LogP contribution in [0.1, 0.15) is 72.8 Å². The number of methoxy groups -OCH3 is 1. The SMILES string of the molecule is CCCCCc1ccc(C(=O)NCCn2cc(CCCCCc3cnc(NCCOCCOC)[nH]3)nn2)cc1. The number of ether oxygens (including phenoxy) is 2. The van der Waals surface area contributed by atoms with Gasteiger partial charge in [-0.15, -0.1) is 5.10 Å². The number of nitrogens with one attached hydrogen (secondary N) is 3. The second-order valence-electron chi connectivity index (χ2n) is 9.73. The van der Waals surface area contributed by atoms with Crippen molar-refractivity contribution >= 4 is 11.9 Å². The van der Waals surface area contributed by atoms with Crippen LogP contribution in [0.25, 0.3) is 0 Å². The predicted molar refractivity (Wildman–Crippen MR) is 153 cm³/mol. The summed E-state index contributed by atoms with van der Waals surface area (Å²) in [7, 11) is 1.67. The van der Waals surface area contributed by atoms with E-state index in [4.69, 9.17) is 9.47 Å². The Hall–Kier alpha value is -3.24. The fraction of sp³-hybridized carbons (Fsp3) is 0.586. The molecule has 0 fully saturated rings. The third-order valence-electron chi connectivity index (χ3n) is 6.48. The van der Waals surface area contributed by atoms with Crippen molar-refractivity contribution in [2.24, 2.45) is 0 Å². The lowest BCUT2D eigenvalue weighted by atomic mass is 10.1. The number of aryl methyl sites for hydroxylation is 3. The molecule has 3 rings (SSSR count). The molecular formula is C29H45N7O3. The molecular weight excluding hydrogens is 494 g/mol. The molecule has 0 radical (unpaired) electrons. The first-order valence-electron chi connectivity index (χ1n) is 14.3. The lowest BCUT2D eigenvalue weighted by Gasteiger charge is -2.06. The number of nitrogens with zero attached hydrogens (tertiary/aromatic N) is 4. The number of unbranched alkanes of at least 4 members (excludes halogenated alkanes) is 4. The molecule has 2 aromatic heterocycles. The highest BCUT2D eigenvalue weighted by Gasteiger charge is 2.07. The summed E-state index contributed by atoms with van der Waals surface area (Å²) in [6, 6.07) is 7.94. The van der Waals surface area contributed by atoms with Gasteiger partial charge < -0.3 is 25.1 Å². The maximum absolute atomic E-state index is 12.4. The van der Waals surface area contributed by atoms with Gasteiger partial charge in [0.05, 0.1) is 38.3 Å². The van der Waals surface area contributed by atoms with E-state index >= 15 is 0 Å². The van der Waals surface area contributed by atoms with E-state index in [1.165, 1.54) is 24.8 Å². The van der Waals surface area contributed by atoms with Gasteiger partial charge >= 0.3 is 0 Å². The number of carbonyl (C=O) groups excluding carboxylic acids is 1. The van der Waals surface area contributed by atoms with Gasteiger partial charge in [-0.25, -0.2) is 4.98 Å². The minimum atomic E-state index is -0.0532.